The maximum absolute atomic E-state index is 12.8. The molecule has 2 N–H and O–H groups in total. The van der Waals surface area contributed by atoms with Crippen LogP contribution in [-0.4, -0.2) is 54.9 Å². The molecule has 8 nitrogen and oxygen atoms in total. The van der Waals surface area contributed by atoms with Crippen LogP contribution in [0.5, 0.6) is 0 Å². The molecule has 1 saturated carbocycles. The number of aromatic amines is 1. The summed E-state index contributed by atoms with van der Waals surface area (Å²) in [4.78, 5) is 19.7. The number of aromatic nitrogens is 5. The van der Waals surface area contributed by atoms with Gasteiger partial charge in [-0.15, -0.1) is 0 Å². The largest absolute Gasteiger partial charge is 0.351 e. The van der Waals surface area contributed by atoms with Gasteiger partial charge >= 0.3 is 0 Å². The van der Waals surface area contributed by atoms with Crippen LogP contribution in [0.25, 0.3) is 0 Å². The first kappa shape index (κ1) is 19.1. The minimum atomic E-state index is 0.0461. The second-order valence-corrected chi connectivity index (χ2v) is 8.27. The van der Waals surface area contributed by atoms with Crippen molar-refractivity contribution < 1.29 is 4.79 Å². The molecule has 2 fully saturated rings. The second-order valence-electron chi connectivity index (χ2n) is 8.27. The Hall–Kier alpha value is -2.22. The number of hydrogen-bond acceptors (Lipinski definition) is 5. The fourth-order valence-corrected chi connectivity index (χ4v) is 4.55. The van der Waals surface area contributed by atoms with Crippen molar-refractivity contribution in [3.8, 4) is 0 Å². The Labute approximate surface area is 166 Å². The van der Waals surface area contributed by atoms with Crippen LogP contribution in [0, 0.1) is 19.8 Å². The summed E-state index contributed by atoms with van der Waals surface area (Å²) in [6.07, 6.45) is 6.49. The van der Waals surface area contributed by atoms with Gasteiger partial charge in [-0.05, 0) is 33.6 Å². The first-order chi connectivity index (χ1) is 13.5. The van der Waals surface area contributed by atoms with E-state index in [0.717, 1.165) is 56.4 Å². The van der Waals surface area contributed by atoms with Gasteiger partial charge in [0, 0.05) is 43.9 Å². The Balaban J connectivity index is 1.49. The summed E-state index contributed by atoms with van der Waals surface area (Å²) in [6, 6.07) is 0.0461. The summed E-state index contributed by atoms with van der Waals surface area (Å²) < 4.78 is 1.98. The number of hydrogen-bond donors (Lipinski definition) is 2. The van der Waals surface area contributed by atoms with Crippen LogP contribution in [-0.2, 0) is 17.9 Å². The molecule has 2 aliphatic rings. The first-order valence-electron chi connectivity index (χ1n) is 10.5. The van der Waals surface area contributed by atoms with Gasteiger partial charge in [-0.2, -0.15) is 10.2 Å². The van der Waals surface area contributed by atoms with Crippen LogP contribution in [0.4, 0.5) is 0 Å². The van der Waals surface area contributed by atoms with Gasteiger partial charge in [-0.3, -0.25) is 19.5 Å². The number of nitrogens with one attached hydrogen (secondary N) is 2. The Bertz CT molecular complexity index is 820. The average Bonchev–Trinajstić information content (AvgIpc) is 3.44. The van der Waals surface area contributed by atoms with E-state index in [1.165, 1.54) is 18.4 Å². The molecule has 152 valence electrons. The number of carbonyl (C=O) groups is 1. The van der Waals surface area contributed by atoms with E-state index in [2.05, 4.69) is 50.5 Å². The van der Waals surface area contributed by atoms with E-state index in [1.807, 2.05) is 11.6 Å². The van der Waals surface area contributed by atoms with Gasteiger partial charge in [0.1, 0.15) is 5.82 Å². The highest BCUT2D eigenvalue weighted by atomic mass is 16.2. The highest BCUT2D eigenvalue weighted by molar-refractivity contribution is 5.79. The van der Waals surface area contributed by atoms with Crippen molar-refractivity contribution in [3.63, 3.8) is 0 Å². The molecule has 2 aromatic rings. The topological polar surface area (TPSA) is 91.7 Å². The minimum absolute atomic E-state index is 0.0461. The average molecular weight is 386 g/mol. The molecule has 0 radical (unpaired) electrons. The van der Waals surface area contributed by atoms with Gasteiger partial charge in [0.05, 0.1) is 17.7 Å². The normalized spacial score (nSPS) is 23.5. The first-order valence-corrected chi connectivity index (χ1v) is 10.5. The summed E-state index contributed by atoms with van der Waals surface area (Å²) in [5, 5.41) is 15.2. The summed E-state index contributed by atoms with van der Waals surface area (Å²) in [5.74, 6) is 2.11. The van der Waals surface area contributed by atoms with Crippen LogP contribution >= 0.6 is 0 Å². The summed E-state index contributed by atoms with van der Waals surface area (Å²) in [6.45, 7) is 9.44. The zero-order chi connectivity index (χ0) is 19.7. The van der Waals surface area contributed by atoms with E-state index in [-0.39, 0.29) is 23.8 Å². The lowest BCUT2D eigenvalue weighted by Crippen LogP contribution is -2.42. The van der Waals surface area contributed by atoms with Gasteiger partial charge in [0.2, 0.25) is 5.91 Å². The Morgan fingerprint density at radius 3 is 2.71 bits per heavy atom. The Morgan fingerprint density at radius 2 is 2.07 bits per heavy atom. The molecule has 0 spiro atoms. The lowest BCUT2D eigenvalue weighted by molar-refractivity contribution is -0.125. The number of aryl methyl sites for hydroxylation is 3. The van der Waals surface area contributed by atoms with Gasteiger partial charge in [0.15, 0.2) is 5.82 Å². The summed E-state index contributed by atoms with van der Waals surface area (Å²) >= 11 is 0. The number of carbonyl (C=O) groups excluding carboxylic acids is 1. The van der Waals surface area contributed by atoms with Crippen molar-refractivity contribution in [2.24, 2.45) is 5.92 Å². The molecule has 0 unspecified atom stereocenters. The molecule has 3 heterocycles. The summed E-state index contributed by atoms with van der Waals surface area (Å²) in [7, 11) is 0. The number of nitrogens with zero attached hydrogens (tertiary/aromatic N) is 5. The third kappa shape index (κ3) is 3.97. The predicted molar refractivity (Wildman–Crippen MR) is 106 cm³/mol. The van der Waals surface area contributed by atoms with Gasteiger partial charge < -0.3 is 5.32 Å². The number of H-pyrrole nitrogens is 1. The highest BCUT2D eigenvalue weighted by Gasteiger charge is 2.38. The van der Waals surface area contributed by atoms with E-state index < -0.39 is 0 Å². The van der Waals surface area contributed by atoms with Crippen molar-refractivity contribution in [2.75, 3.05) is 13.1 Å². The van der Waals surface area contributed by atoms with Crippen molar-refractivity contribution >= 4 is 5.91 Å². The standard InChI is InChI=1S/C20H31N7O/c1-4-27-10-16(13(2)25-27)9-26-11-17(19-21-14(3)23-24-19)18(12-26)22-20(28)15-7-5-6-8-15/h10,15,17-18H,4-9,11-12H2,1-3H3,(H,22,28)(H,21,23,24)/t17-,18-/m1/s1. The van der Waals surface area contributed by atoms with Crippen molar-refractivity contribution in [3.05, 3.63) is 29.1 Å². The van der Waals surface area contributed by atoms with E-state index in [0.29, 0.717) is 0 Å². The number of rotatable bonds is 6. The van der Waals surface area contributed by atoms with E-state index in [4.69, 9.17) is 0 Å². The lowest BCUT2D eigenvalue weighted by Gasteiger charge is -2.20. The lowest BCUT2D eigenvalue weighted by atomic mass is 10.0. The highest BCUT2D eigenvalue weighted by Crippen LogP contribution is 2.29. The van der Waals surface area contributed by atoms with Gasteiger partial charge in [0.25, 0.3) is 0 Å². The molecule has 0 aromatic carbocycles. The number of amides is 1. The molecule has 1 aliphatic carbocycles. The van der Waals surface area contributed by atoms with E-state index in [9.17, 15) is 4.79 Å². The quantitative estimate of drug-likeness (QED) is 0.793. The SMILES string of the molecule is CCn1cc(CN2C[C@@H](NC(=O)C3CCCC3)[C@H](c3n[nH]c(C)n3)C2)c(C)n1. The van der Waals surface area contributed by atoms with Gasteiger partial charge in [-0.1, -0.05) is 12.8 Å². The van der Waals surface area contributed by atoms with Crippen LogP contribution in [0.15, 0.2) is 6.20 Å². The van der Waals surface area contributed by atoms with Crippen LogP contribution in [0.1, 0.15) is 61.4 Å². The molecule has 1 aliphatic heterocycles. The molecule has 28 heavy (non-hydrogen) atoms. The third-order valence-electron chi connectivity index (χ3n) is 6.16. The van der Waals surface area contributed by atoms with Gasteiger partial charge in [-0.25, -0.2) is 4.98 Å². The molecule has 4 rings (SSSR count). The van der Waals surface area contributed by atoms with Crippen molar-refractivity contribution in [2.45, 2.75) is 71.5 Å². The molecule has 1 amide bonds. The predicted octanol–water partition coefficient (Wildman–Crippen LogP) is 1.91. The third-order valence-corrected chi connectivity index (χ3v) is 6.16. The molecular weight excluding hydrogens is 354 g/mol. The maximum Gasteiger partial charge on any atom is 0.223 e. The van der Waals surface area contributed by atoms with Crippen LogP contribution in [0.3, 0.4) is 0 Å². The molecule has 2 aromatic heterocycles. The van der Waals surface area contributed by atoms with E-state index >= 15 is 0 Å². The van der Waals surface area contributed by atoms with E-state index in [1.54, 1.807) is 0 Å². The fourth-order valence-electron chi connectivity index (χ4n) is 4.55. The molecule has 1 saturated heterocycles. The fraction of sp³-hybridized carbons (Fsp3) is 0.700. The van der Waals surface area contributed by atoms with Crippen molar-refractivity contribution in [1.82, 2.24) is 35.2 Å². The summed E-state index contributed by atoms with van der Waals surface area (Å²) in [5.41, 5.74) is 2.32. The molecule has 8 heteroatoms. The molecule has 0 bridgehead atoms. The number of likely N-dealkylation sites (tertiary alicyclic amines) is 1. The molecule has 2 atom stereocenters. The maximum atomic E-state index is 12.8. The Morgan fingerprint density at radius 1 is 1.29 bits per heavy atom. The zero-order valence-electron chi connectivity index (χ0n) is 17.1. The zero-order valence-corrected chi connectivity index (χ0v) is 17.1. The second kappa shape index (κ2) is 8.03. The smallest absolute Gasteiger partial charge is 0.223 e. The Kier molecular flexibility index (Phi) is 5.48. The van der Waals surface area contributed by atoms with Crippen LogP contribution < -0.4 is 5.32 Å². The monoisotopic (exact) mass is 385 g/mol. The minimum Gasteiger partial charge on any atom is -0.351 e. The molecular formula is C20H31N7O. The van der Waals surface area contributed by atoms with Crippen LogP contribution in [0.2, 0.25) is 0 Å². The van der Waals surface area contributed by atoms with Crippen molar-refractivity contribution in [1.29, 1.82) is 0 Å².